The largest absolute Gasteiger partial charge is 0.340 e. The number of benzene rings is 1. The number of amides is 1. The molecule has 2 heterocycles. The van der Waals surface area contributed by atoms with Crippen LogP contribution in [0.25, 0.3) is 5.69 Å². The van der Waals surface area contributed by atoms with Crippen LogP contribution in [0, 0.1) is 0 Å². The van der Waals surface area contributed by atoms with E-state index in [4.69, 9.17) is 0 Å². The molecule has 1 aliphatic heterocycles. The summed E-state index contributed by atoms with van der Waals surface area (Å²) in [6, 6.07) is 9.68. The molecule has 0 spiro atoms. The molecule has 8 heteroatoms. The lowest BCUT2D eigenvalue weighted by Crippen LogP contribution is -2.57. The van der Waals surface area contributed by atoms with Crippen LogP contribution in [0.1, 0.15) is 18.4 Å². The number of carbonyl (C=O) groups is 1. The first-order valence-corrected chi connectivity index (χ1v) is 10.5. The van der Waals surface area contributed by atoms with E-state index in [-0.39, 0.29) is 5.91 Å². The van der Waals surface area contributed by atoms with Gasteiger partial charge in [0.25, 0.3) is 0 Å². The number of rotatable bonds is 5. The Morgan fingerprint density at radius 1 is 1.27 bits per heavy atom. The second-order valence-electron chi connectivity index (χ2n) is 6.81. The zero-order valence-electron chi connectivity index (χ0n) is 15.1. The minimum absolute atomic E-state index is 0.304. The van der Waals surface area contributed by atoms with Gasteiger partial charge in [0.1, 0.15) is 0 Å². The number of nitrogens with zero attached hydrogens (tertiary/aromatic N) is 3. The van der Waals surface area contributed by atoms with Crippen LogP contribution >= 0.6 is 0 Å². The average molecular weight is 376 g/mol. The van der Waals surface area contributed by atoms with Gasteiger partial charge in [0, 0.05) is 31.6 Å². The third-order valence-electron chi connectivity index (χ3n) is 4.93. The van der Waals surface area contributed by atoms with Crippen molar-refractivity contribution in [3.63, 3.8) is 0 Å². The Bertz CT molecular complexity index is 871. The van der Waals surface area contributed by atoms with Crippen molar-refractivity contribution in [2.24, 2.45) is 0 Å². The lowest BCUT2D eigenvalue weighted by molar-refractivity contribution is -0.134. The number of nitrogens with one attached hydrogen (secondary N) is 1. The van der Waals surface area contributed by atoms with Gasteiger partial charge in [-0.25, -0.2) is 13.1 Å². The quantitative estimate of drug-likeness (QED) is 0.842. The highest BCUT2D eigenvalue weighted by Gasteiger charge is 2.49. The van der Waals surface area contributed by atoms with Gasteiger partial charge in [0.05, 0.1) is 11.9 Å². The van der Waals surface area contributed by atoms with Gasteiger partial charge in [-0.05, 0) is 38.1 Å². The van der Waals surface area contributed by atoms with Crippen molar-refractivity contribution in [2.45, 2.75) is 24.1 Å². The molecule has 1 saturated heterocycles. The minimum atomic E-state index is -3.51. The summed E-state index contributed by atoms with van der Waals surface area (Å²) in [6.45, 7) is 1.37. The molecule has 1 N–H and O–H groups in total. The number of piperidine rings is 1. The maximum absolute atomic E-state index is 13.0. The summed E-state index contributed by atoms with van der Waals surface area (Å²) >= 11 is 0. The Morgan fingerprint density at radius 3 is 2.54 bits per heavy atom. The lowest BCUT2D eigenvalue weighted by atomic mass is 9.95. The van der Waals surface area contributed by atoms with Crippen molar-refractivity contribution in [1.29, 1.82) is 0 Å². The van der Waals surface area contributed by atoms with Crippen molar-refractivity contribution in [3.05, 3.63) is 48.3 Å². The first kappa shape index (κ1) is 18.6. The monoisotopic (exact) mass is 376 g/mol. The molecular formula is C18H24N4O3S. The molecule has 1 aliphatic rings. The van der Waals surface area contributed by atoms with Gasteiger partial charge in [0.2, 0.25) is 5.91 Å². The Labute approximate surface area is 153 Å². The molecule has 0 saturated carbocycles. The van der Waals surface area contributed by atoms with Gasteiger partial charge in [-0.2, -0.15) is 5.10 Å². The number of para-hydroxylation sites is 1. The Morgan fingerprint density at radius 2 is 1.92 bits per heavy atom. The second kappa shape index (κ2) is 7.20. The topological polar surface area (TPSA) is 84.3 Å². The minimum Gasteiger partial charge on any atom is -0.340 e. The normalized spacial score (nSPS) is 17.0. The molecule has 1 aromatic carbocycles. The van der Waals surface area contributed by atoms with Crippen LogP contribution in [0.5, 0.6) is 0 Å². The Hall–Kier alpha value is -2.19. The fraction of sp³-hybridized carbons (Fsp3) is 0.444. The number of hydrogen-bond acceptors (Lipinski definition) is 5. The molecular weight excluding hydrogens is 352 g/mol. The molecule has 2 aromatic rings. The van der Waals surface area contributed by atoms with E-state index in [1.807, 2.05) is 36.5 Å². The molecule has 1 amide bonds. The number of hydrogen-bond donors (Lipinski definition) is 1. The maximum Gasteiger partial charge on any atom is 0.244 e. The van der Waals surface area contributed by atoms with Crippen molar-refractivity contribution in [2.75, 3.05) is 26.4 Å². The van der Waals surface area contributed by atoms with Crippen molar-refractivity contribution in [3.8, 4) is 5.69 Å². The highest BCUT2D eigenvalue weighted by atomic mass is 32.2. The van der Waals surface area contributed by atoms with E-state index in [1.54, 1.807) is 17.9 Å². The molecule has 0 unspecified atom stereocenters. The number of carbonyl (C=O) groups excluding carboxylic acids is 1. The molecule has 1 fully saturated rings. The Kier molecular flexibility index (Phi) is 5.15. The highest BCUT2D eigenvalue weighted by Crippen LogP contribution is 2.30. The molecule has 0 radical (unpaired) electrons. The Balaban J connectivity index is 1.78. The zero-order valence-corrected chi connectivity index (χ0v) is 15.9. The van der Waals surface area contributed by atoms with Crippen molar-refractivity contribution >= 4 is 15.7 Å². The second-order valence-corrected chi connectivity index (χ2v) is 9.13. The van der Waals surface area contributed by atoms with Crippen molar-refractivity contribution < 1.29 is 13.2 Å². The van der Waals surface area contributed by atoms with Crippen LogP contribution in [-0.4, -0.2) is 60.1 Å². The molecule has 26 heavy (non-hydrogen) atoms. The van der Waals surface area contributed by atoms with Gasteiger partial charge in [0.15, 0.2) is 14.6 Å². The summed E-state index contributed by atoms with van der Waals surface area (Å²) in [5.41, 5.74) is 1.78. The van der Waals surface area contributed by atoms with Crippen molar-refractivity contribution in [1.82, 2.24) is 20.0 Å². The van der Waals surface area contributed by atoms with Crippen LogP contribution in [0.15, 0.2) is 42.7 Å². The number of aromatic nitrogens is 2. The van der Waals surface area contributed by atoms with E-state index in [9.17, 15) is 13.2 Å². The molecule has 0 atom stereocenters. The first-order valence-electron chi connectivity index (χ1n) is 8.58. The summed E-state index contributed by atoms with van der Waals surface area (Å²) in [4.78, 5) is 14.5. The highest BCUT2D eigenvalue weighted by molar-refractivity contribution is 7.92. The smallest absolute Gasteiger partial charge is 0.244 e. The fourth-order valence-electron chi connectivity index (χ4n) is 3.43. The summed E-state index contributed by atoms with van der Waals surface area (Å²) in [7, 11) is -1.86. The predicted octanol–water partition coefficient (Wildman–Crippen LogP) is 0.997. The SMILES string of the molecule is CN(Cc1cnn(-c2ccccc2)c1)C(=O)C1(S(C)(=O)=O)CCNCC1. The zero-order chi connectivity index (χ0) is 18.8. The standard InChI is InChI=1S/C18H24N4O3S/c1-21(17(23)18(26(2,24)25)8-10-19-11-9-18)13-15-12-20-22(14-15)16-6-4-3-5-7-16/h3-7,12,14,19H,8-11,13H2,1-2H3. The molecule has 0 aliphatic carbocycles. The van der Waals surface area contributed by atoms with E-state index in [0.717, 1.165) is 17.5 Å². The van der Waals surface area contributed by atoms with Gasteiger partial charge in [-0.3, -0.25) is 4.79 Å². The van der Waals surface area contributed by atoms with Crippen LogP contribution in [0.3, 0.4) is 0 Å². The van der Waals surface area contributed by atoms with E-state index in [2.05, 4.69) is 10.4 Å². The predicted molar refractivity (Wildman–Crippen MR) is 99.7 cm³/mol. The van der Waals surface area contributed by atoms with E-state index in [1.165, 1.54) is 4.90 Å². The third kappa shape index (κ3) is 3.52. The molecule has 7 nitrogen and oxygen atoms in total. The van der Waals surface area contributed by atoms with Gasteiger partial charge in [-0.15, -0.1) is 0 Å². The van der Waals surface area contributed by atoms with Gasteiger partial charge >= 0.3 is 0 Å². The summed E-state index contributed by atoms with van der Waals surface area (Å²) < 4.78 is 25.2. The van der Waals surface area contributed by atoms with E-state index < -0.39 is 14.6 Å². The van der Waals surface area contributed by atoms with Crippen LogP contribution < -0.4 is 5.32 Å². The first-order chi connectivity index (χ1) is 12.3. The lowest BCUT2D eigenvalue weighted by Gasteiger charge is -2.37. The maximum atomic E-state index is 13.0. The molecule has 1 aromatic heterocycles. The molecule has 3 rings (SSSR count). The van der Waals surface area contributed by atoms with Crippen LogP contribution in [-0.2, 0) is 21.2 Å². The number of sulfone groups is 1. The fourth-order valence-corrected chi connectivity index (χ4v) is 4.85. The van der Waals surface area contributed by atoms with Gasteiger partial charge in [-0.1, -0.05) is 18.2 Å². The summed E-state index contributed by atoms with van der Waals surface area (Å²) in [6.07, 6.45) is 5.33. The van der Waals surface area contributed by atoms with E-state index in [0.29, 0.717) is 32.5 Å². The molecule has 140 valence electrons. The average Bonchev–Trinajstić information content (AvgIpc) is 3.10. The van der Waals surface area contributed by atoms with E-state index >= 15 is 0 Å². The van der Waals surface area contributed by atoms with Crippen LogP contribution in [0.2, 0.25) is 0 Å². The third-order valence-corrected chi connectivity index (χ3v) is 6.94. The summed E-state index contributed by atoms with van der Waals surface area (Å²) in [5, 5.41) is 7.46. The van der Waals surface area contributed by atoms with Crippen LogP contribution in [0.4, 0.5) is 0 Å². The molecule has 0 bridgehead atoms. The summed E-state index contributed by atoms with van der Waals surface area (Å²) in [5.74, 6) is -0.339. The van der Waals surface area contributed by atoms with Gasteiger partial charge < -0.3 is 10.2 Å².